The summed E-state index contributed by atoms with van der Waals surface area (Å²) in [4.78, 5) is 24.3. The molecule has 0 aliphatic carbocycles. The number of carbonyl (C=O) groups is 2. The van der Waals surface area contributed by atoms with Crippen molar-refractivity contribution in [3.63, 3.8) is 0 Å². The van der Waals surface area contributed by atoms with E-state index < -0.39 is 17.4 Å². The highest BCUT2D eigenvalue weighted by atomic mass is 35.5. The third-order valence-electron chi connectivity index (χ3n) is 2.77. The third-order valence-corrected chi connectivity index (χ3v) is 3.13. The minimum Gasteiger partial charge on any atom is -0.480 e. The minimum atomic E-state index is -0.931. The van der Waals surface area contributed by atoms with Gasteiger partial charge in [-0.3, -0.25) is 4.79 Å². The molecule has 16 heavy (non-hydrogen) atoms. The maximum atomic E-state index is 11.9. The molecule has 1 aliphatic rings. The molecule has 4 nitrogen and oxygen atoms in total. The van der Waals surface area contributed by atoms with E-state index in [-0.39, 0.29) is 5.91 Å². The van der Waals surface area contributed by atoms with Gasteiger partial charge in [-0.25, -0.2) is 4.79 Å². The zero-order chi connectivity index (χ0) is 12.3. The molecule has 1 heterocycles. The molecule has 1 rings (SSSR count). The van der Waals surface area contributed by atoms with Crippen molar-refractivity contribution in [2.75, 3.05) is 6.54 Å². The van der Waals surface area contributed by atoms with Crippen molar-refractivity contribution in [2.24, 2.45) is 5.92 Å². The third kappa shape index (κ3) is 3.11. The molecular weight excluding hydrogens is 230 g/mol. The van der Waals surface area contributed by atoms with E-state index in [1.807, 2.05) is 13.8 Å². The van der Waals surface area contributed by atoms with Crippen molar-refractivity contribution in [3.8, 4) is 0 Å². The number of amides is 1. The molecule has 0 radical (unpaired) electrons. The van der Waals surface area contributed by atoms with Crippen molar-refractivity contribution < 1.29 is 14.7 Å². The number of likely N-dealkylation sites (tertiary alicyclic amines) is 1. The summed E-state index contributed by atoms with van der Waals surface area (Å²) < 4.78 is 0. The highest BCUT2D eigenvalue weighted by Crippen LogP contribution is 2.22. The Kier molecular flexibility index (Phi) is 4.59. The molecule has 1 saturated heterocycles. The number of hydrogen-bond donors (Lipinski definition) is 1. The molecular formula is C11H18ClNO3. The molecule has 0 saturated carbocycles. The van der Waals surface area contributed by atoms with Gasteiger partial charge >= 0.3 is 5.97 Å². The van der Waals surface area contributed by atoms with E-state index in [1.165, 1.54) is 4.90 Å². The number of carboxylic acids is 1. The molecule has 5 heteroatoms. The van der Waals surface area contributed by atoms with E-state index in [2.05, 4.69) is 0 Å². The number of carbonyl (C=O) groups excluding carboxylic acids is 1. The summed E-state index contributed by atoms with van der Waals surface area (Å²) >= 11 is 5.99. The smallest absolute Gasteiger partial charge is 0.326 e. The molecule has 0 aromatic heterocycles. The Labute approximate surface area is 101 Å². The van der Waals surface area contributed by atoms with Crippen molar-refractivity contribution in [2.45, 2.75) is 44.5 Å². The average Bonchev–Trinajstić information content (AvgIpc) is 2.63. The molecule has 0 spiro atoms. The summed E-state index contributed by atoms with van der Waals surface area (Å²) in [6.45, 7) is 4.49. The van der Waals surface area contributed by atoms with Gasteiger partial charge in [-0.15, -0.1) is 11.6 Å². The molecule has 0 aromatic carbocycles. The van der Waals surface area contributed by atoms with Crippen LogP contribution in [0, 0.1) is 5.92 Å². The van der Waals surface area contributed by atoms with Crippen LogP contribution >= 0.6 is 11.6 Å². The molecule has 0 bridgehead atoms. The maximum absolute atomic E-state index is 11.9. The number of rotatable bonds is 4. The van der Waals surface area contributed by atoms with Gasteiger partial charge in [-0.1, -0.05) is 13.8 Å². The fourth-order valence-corrected chi connectivity index (χ4v) is 2.46. The van der Waals surface area contributed by atoms with Crippen molar-refractivity contribution >= 4 is 23.5 Å². The Morgan fingerprint density at radius 3 is 2.62 bits per heavy atom. The van der Waals surface area contributed by atoms with Crippen molar-refractivity contribution in [1.82, 2.24) is 4.90 Å². The van der Waals surface area contributed by atoms with E-state index in [0.717, 1.165) is 6.42 Å². The average molecular weight is 248 g/mol. The van der Waals surface area contributed by atoms with Crippen LogP contribution in [0.1, 0.15) is 33.1 Å². The lowest BCUT2D eigenvalue weighted by Gasteiger charge is -2.24. The summed E-state index contributed by atoms with van der Waals surface area (Å²) in [6.07, 6.45) is 1.86. The molecule has 0 aromatic rings. The Morgan fingerprint density at radius 1 is 1.50 bits per heavy atom. The number of hydrogen-bond acceptors (Lipinski definition) is 2. The second-order valence-electron chi connectivity index (χ2n) is 4.62. The number of alkyl halides is 1. The first-order valence-corrected chi connectivity index (χ1v) is 6.04. The van der Waals surface area contributed by atoms with Gasteiger partial charge in [0.05, 0.1) is 0 Å². The van der Waals surface area contributed by atoms with Gasteiger partial charge in [0, 0.05) is 6.54 Å². The predicted octanol–water partition coefficient (Wildman–Crippen LogP) is 1.72. The summed E-state index contributed by atoms with van der Waals surface area (Å²) in [5.41, 5.74) is 0. The molecule has 1 aliphatic heterocycles. The van der Waals surface area contributed by atoms with Crippen LogP contribution in [0.25, 0.3) is 0 Å². The summed E-state index contributed by atoms with van der Waals surface area (Å²) in [5, 5.41) is 8.36. The zero-order valence-electron chi connectivity index (χ0n) is 9.65. The van der Waals surface area contributed by atoms with Gasteiger partial charge in [-0.05, 0) is 25.2 Å². The highest BCUT2D eigenvalue weighted by molar-refractivity contribution is 6.30. The lowest BCUT2D eigenvalue weighted by atomic mass is 10.1. The van der Waals surface area contributed by atoms with Gasteiger partial charge in [-0.2, -0.15) is 0 Å². The SMILES string of the molecule is CC(C)C[C@H](Cl)C(=O)N1CCCC1C(=O)O. The standard InChI is InChI=1S/C11H18ClNO3/c1-7(2)6-8(12)10(14)13-5-3-4-9(13)11(15)16/h7-9H,3-6H2,1-2H3,(H,15,16)/t8-,9?/m0/s1. The quantitative estimate of drug-likeness (QED) is 0.770. The van der Waals surface area contributed by atoms with E-state index in [0.29, 0.717) is 25.3 Å². The van der Waals surface area contributed by atoms with Gasteiger partial charge in [0.25, 0.3) is 0 Å². The van der Waals surface area contributed by atoms with Crippen LogP contribution in [0.5, 0.6) is 0 Å². The number of halogens is 1. The molecule has 92 valence electrons. The first kappa shape index (κ1) is 13.3. The van der Waals surface area contributed by atoms with Crippen LogP contribution in [0.15, 0.2) is 0 Å². The van der Waals surface area contributed by atoms with E-state index in [1.54, 1.807) is 0 Å². The highest BCUT2D eigenvalue weighted by Gasteiger charge is 2.36. The monoisotopic (exact) mass is 247 g/mol. The Morgan fingerprint density at radius 2 is 2.12 bits per heavy atom. The first-order chi connectivity index (χ1) is 7.43. The van der Waals surface area contributed by atoms with Gasteiger partial charge in [0.2, 0.25) is 5.91 Å². The summed E-state index contributed by atoms with van der Waals surface area (Å²) in [6, 6.07) is -0.680. The van der Waals surface area contributed by atoms with E-state index in [4.69, 9.17) is 16.7 Å². The predicted molar refractivity (Wildman–Crippen MR) is 61.5 cm³/mol. The Hall–Kier alpha value is -0.770. The molecule has 1 unspecified atom stereocenters. The number of aliphatic carboxylic acids is 1. The summed E-state index contributed by atoms with van der Waals surface area (Å²) in [7, 11) is 0. The molecule has 2 atom stereocenters. The lowest BCUT2D eigenvalue weighted by Crippen LogP contribution is -2.44. The molecule has 1 N–H and O–H groups in total. The van der Waals surface area contributed by atoms with Crippen LogP contribution in [0.2, 0.25) is 0 Å². The van der Waals surface area contributed by atoms with Crippen molar-refractivity contribution in [1.29, 1.82) is 0 Å². The van der Waals surface area contributed by atoms with Crippen LogP contribution in [-0.2, 0) is 9.59 Å². The topological polar surface area (TPSA) is 57.6 Å². The van der Waals surface area contributed by atoms with Crippen LogP contribution in [-0.4, -0.2) is 39.8 Å². The Bertz CT molecular complexity index is 280. The second-order valence-corrected chi connectivity index (χ2v) is 5.15. The second kappa shape index (κ2) is 5.53. The van der Waals surface area contributed by atoms with E-state index in [9.17, 15) is 9.59 Å². The fourth-order valence-electron chi connectivity index (χ4n) is 1.98. The summed E-state index contributed by atoms with van der Waals surface area (Å²) in [5.74, 6) is -0.836. The zero-order valence-corrected chi connectivity index (χ0v) is 10.4. The minimum absolute atomic E-state index is 0.236. The molecule has 1 amide bonds. The molecule has 1 fully saturated rings. The largest absolute Gasteiger partial charge is 0.480 e. The van der Waals surface area contributed by atoms with Crippen LogP contribution in [0.4, 0.5) is 0 Å². The first-order valence-electron chi connectivity index (χ1n) is 5.60. The number of nitrogens with zero attached hydrogens (tertiary/aromatic N) is 1. The van der Waals surface area contributed by atoms with E-state index >= 15 is 0 Å². The Balaban J connectivity index is 2.62. The van der Waals surface area contributed by atoms with Crippen molar-refractivity contribution in [3.05, 3.63) is 0 Å². The van der Waals surface area contributed by atoms with Gasteiger partial charge < -0.3 is 10.0 Å². The normalized spacial score (nSPS) is 22.5. The number of carboxylic acid groups (broad SMARTS) is 1. The van der Waals surface area contributed by atoms with Crippen LogP contribution < -0.4 is 0 Å². The maximum Gasteiger partial charge on any atom is 0.326 e. The fraction of sp³-hybridized carbons (Fsp3) is 0.818. The lowest BCUT2D eigenvalue weighted by molar-refractivity contribution is -0.148. The van der Waals surface area contributed by atoms with Gasteiger partial charge in [0.1, 0.15) is 11.4 Å². The van der Waals surface area contributed by atoms with Gasteiger partial charge in [0.15, 0.2) is 0 Å². The van der Waals surface area contributed by atoms with Crippen LogP contribution in [0.3, 0.4) is 0 Å².